The molecule has 2 N–H and O–H groups in total. The number of hydrogen-bond acceptors (Lipinski definition) is 3. The number of carbonyl (C=O) groups is 2. The molecule has 0 saturated carbocycles. The van der Waals surface area contributed by atoms with E-state index in [4.69, 9.17) is 10.2 Å². The molecule has 0 bridgehead atoms. The summed E-state index contributed by atoms with van der Waals surface area (Å²) in [5.41, 5.74) is 1.06. The lowest BCUT2D eigenvalue weighted by Crippen LogP contribution is -1.98. The lowest BCUT2D eigenvalue weighted by atomic mass is 10.2. The van der Waals surface area contributed by atoms with Crippen LogP contribution in [0, 0.1) is 0 Å². The average molecular weight is 261 g/mol. The van der Waals surface area contributed by atoms with Crippen LogP contribution in [0.15, 0.2) is 42.6 Å². The van der Waals surface area contributed by atoms with Gasteiger partial charge in [-0.2, -0.15) is 0 Å². The number of aliphatic carboxylic acids is 2. The summed E-state index contributed by atoms with van der Waals surface area (Å²) in [6.07, 6.45) is 1.89. The maximum atomic E-state index is 9.79. The number of nitrogens with zero attached hydrogens (tertiary/aromatic N) is 1. The number of pyridine rings is 1. The molecule has 0 aliphatic heterocycles. The molecule has 1 aromatic carbocycles. The fourth-order valence-electron chi connectivity index (χ4n) is 1.41. The minimum atomic E-state index is -0.948. The van der Waals surface area contributed by atoms with Crippen molar-refractivity contribution >= 4 is 22.8 Å². The number of fused-ring (bicyclic) bond motifs is 1. The Kier molecular flexibility index (Phi) is 6.02. The molecule has 0 aliphatic carbocycles. The van der Waals surface area contributed by atoms with Crippen molar-refractivity contribution in [3.05, 3.63) is 42.6 Å². The van der Waals surface area contributed by atoms with Crippen LogP contribution < -0.4 is 0 Å². The number of rotatable bonds is 4. The van der Waals surface area contributed by atoms with Crippen LogP contribution in [0.3, 0.4) is 0 Å². The molecule has 0 spiro atoms. The number of hydrogen-bond donors (Lipinski definition) is 2. The highest BCUT2D eigenvalue weighted by atomic mass is 16.4. The zero-order chi connectivity index (χ0) is 14.1. The SMILES string of the molecule is O=C(O)CCCC(=O)O.c1ccc2ncccc2c1. The van der Waals surface area contributed by atoms with Crippen molar-refractivity contribution in [1.29, 1.82) is 0 Å². The van der Waals surface area contributed by atoms with Crippen LogP contribution in [0.2, 0.25) is 0 Å². The van der Waals surface area contributed by atoms with Gasteiger partial charge in [0.1, 0.15) is 0 Å². The monoisotopic (exact) mass is 261 g/mol. The number of para-hydroxylation sites is 1. The van der Waals surface area contributed by atoms with Crippen LogP contribution in [0.25, 0.3) is 10.9 Å². The Morgan fingerprint density at radius 2 is 1.53 bits per heavy atom. The molecule has 5 heteroatoms. The lowest BCUT2D eigenvalue weighted by molar-refractivity contribution is -0.138. The second-order valence-corrected chi connectivity index (χ2v) is 3.84. The molecule has 19 heavy (non-hydrogen) atoms. The van der Waals surface area contributed by atoms with Crippen LogP contribution in [-0.2, 0) is 9.59 Å². The van der Waals surface area contributed by atoms with Gasteiger partial charge in [-0.05, 0) is 18.6 Å². The normalized spacial score (nSPS) is 9.47. The molecular weight excluding hydrogens is 246 g/mol. The topological polar surface area (TPSA) is 87.5 Å². The Labute approximate surface area is 110 Å². The predicted molar refractivity (Wildman–Crippen MR) is 70.9 cm³/mol. The van der Waals surface area contributed by atoms with Crippen molar-refractivity contribution in [1.82, 2.24) is 4.98 Å². The summed E-state index contributed by atoms with van der Waals surface area (Å²) in [5.74, 6) is -1.90. The third kappa shape index (κ3) is 6.16. The van der Waals surface area contributed by atoms with E-state index in [1.165, 1.54) is 5.39 Å². The molecular formula is C14H15NO4. The first-order valence-corrected chi connectivity index (χ1v) is 5.83. The molecule has 5 nitrogen and oxygen atoms in total. The van der Waals surface area contributed by atoms with Gasteiger partial charge in [0.15, 0.2) is 0 Å². The highest BCUT2D eigenvalue weighted by Crippen LogP contribution is 2.07. The highest BCUT2D eigenvalue weighted by Gasteiger charge is 1.99. The van der Waals surface area contributed by atoms with E-state index in [1.54, 1.807) is 0 Å². The van der Waals surface area contributed by atoms with Gasteiger partial charge < -0.3 is 10.2 Å². The number of aromatic nitrogens is 1. The zero-order valence-corrected chi connectivity index (χ0v) is 10.3. The highest BCUT2D eigenvalue weighted by molar-refractivity contribution is 5.77. The van der Waals surface area contributed by atoms with Crippen molar-refractivity contribution in [3.63, 3.8) is 0 Å². The van der Waals surface area contributed by atoms with E-state index in [-0.39, 0.29) is 19.3 Å². The van der Waals surface area contributed by atoms with Gasteiger partial charge in [0.25, 0.3) is 0 Å². The van der Waals surface area contributed by atoms with Gasteiger partial charge in [-0.15, -0.1) is 0 Å². The standard InChI is InChI=1S/C9H7N.C5H8O4/c1-2-6-9-8(4-1)5-3-7-10-9;6-4(7)2-1-3-5(8)9/h1-7H;1-3H2,(H,6,7)(H,8,9). The smallest absolute Gasteiger partial charge is 0.303 e. The molecule has 0 unspecified atom stereocenters. The number of carboxylic acids is 2. The van der Waals surface area contributed by atoms with Gasteiger partial charge in [0.2, 0.25) is 0 Å². The summed E-state index contributed by atoms with van der Waals surface area (Å²) in [5, 5.41) is 17.3. The molecule has 0 atom stereocenters. The van der Waals surface area contributed by atoms with Crippen LogP contribution in [0.5, 0.6) is 0 Å². The minimum absolute atomic E-state index is 0.0632. The van der Waals surface area contributed by atoms with Crippen molar-refractivity contribution in [3.8, 4) is 0 Å². The van der Waals surface area contributed by atoms with E-state index >= 15 is 0 Å². The predicted octanol–water partition coefficient (Wildman–Crippen LogP) is 2.56. The first-order chi connectivity index (χ1) is 9.09. The molecule has 100 valence electrons. The lowest BCUT2D eigenvalue weighted by Gasteiger charge is -1.91. The summed E-state index contributed by atoms with van der Waals surface area (Å²) >= 11 is 0. The molecule has 0 radical (unpaired) electrons. The van der Waals surface area contributed by atoms with Gasteiger partial charge in [0.05, 0.1) is 5.52 Å². The molecule has 0 fully saturated rings. The second-order valence-electron chi connectivity index (χ2n) is 3.84. The summed E-state index contributed by atoms with van der Waals surface area (Å²) in [6, 6.07) is 12.1. The van der Waals surface area contributed by atoms with Gasteiger partial charge in [-0.1, -0.05) is 24.3 Å². The molecule has 0 amide bonds. The number of carboxylic acid groups (broad SMARTS) is 2. The molecule has 0 aliphatic rings. The maximum Gasteiger partial charge on any atom is 0.303 e. The third-order valence-electron chi connectivity index (χ3n) is 2.29. The average Bonchev–Trinajstić information content (AvgIpc) is 2.39. The maximum absolute atomic E-state index is 9.79. The summed E-state index contributed by atoms with van der Waals surface area (Å²) in [6.45, 7) is 0. The van der Waals surface area contributed by atoms with Crippen LogP contribution in [0.4, 0.5) is 0 Å². The van der Waals surface area contributed by atoms with Gasteiger partial charge in [-0.25, -0.2) is 0 Å². The van der Waals surface area contributed by atoms with Crippen molar-refractivity contribution < 1.29 is 19.8 Å². The van der Waals surface area contributed by atoms with Gasteiger partial charge >= 0.3 is 11.9 Å². The quantitative estimate of drug-likeness (QED) is 0.883. The van der Waals surface area contributed by atoms with Crippen molar-refractivity contribution in [2.75, 3.05) is 0 Å². The summed E-state index contributed by atoms with van der Waals surface area (Å²) in [7, 11) is 0. The zero-order valence-electron chi connectivity index (χ0n) is 10.3. The number of benzene rings is 1. The molecule has 2 aromatic rings. The molecule has 1 aromatic heterocycles. The minimum Gasteiger partial charge on any atom is -0.481 e. The first-order valence-electron chi connectivity index (χ1n) is 5.83. The van der Waals surface area contributed by atoms with Crippen LogP contribution in [0.1, 0.15) is 19.3 Å². The Morgan fingerprint density at radius 3 is 2.11 bits per heavy atom. The van der Waals surface area contributed by atoms with E-state index in [2.05, 4.69) is 17.1 Å². The van der Waals surface area contributed by atoms with E-state index in [9.17, 15) is 9.59 Å². The second kappa shape index (κ2) is 7.81. The van der Waals surface area contributed by atoms with Gasteiger partial charge in [-0.3, -0.25) is 14.6 Å². The van der Waals surface area contributed by atoms with E-state index in [1.807, 2.05) is 30.5 Å². The van der Waals surface area contributed by atoms with Crippen molar-refractivity contribution in [2.45, 2.75) is 19.3 Å². The molecule has 0 saturated heterocycles. The van der Waals surface area contributed by atoms with Crippen LogP contribution in [-0.4, -0.2) is 27.1 Å². The van der Waals surface area contributed by atoms with E-state index in [0.29, 0.717) is 0 Å². The van der Waals surface area contributed by atoms with Crippen molar-refractivity contribution in [2.24, 2.45) is 0 Å². The Balaban J connectivity index is 0.000000192. The van der Waals surface area contributed by atoms with E-state index in [0.717, 1.165) is 5.52 Å². The molecule has 2 rings (SSSR count). The fourth-order valence-corrected chi connectivity index (χ4v) is 1.41. The van der Waals surface area contributed by atoms with Crippen LogP contribution >= 0.6 is 0 Å². The Hall–Kier alpha value is -2.43. The Bertz CT molecular complexity index is 474. The first kappa shape index (κ1) is 14.6. The van der Waals surface area contributed by atoms with E-state index < -0.39 is 11.9 Å². The summed E-state index contributed by atoms with van der Waals surface area (Å²) < 4.78 is 0. The third-order valence-corrected chi connectivity index (χ3v) is 2.29. The molecule has 1 heterocycles. The largest absolute Gasteiger partial charge is 0.481 e. The summed E-state index contributed by atoms with van der Waals surface area (Å²) in [4.78, 5) is 23.8. The Morgan fingerprint density at radius 1 is 0.947 bits per heavy atom. The van der Waals surface area contributed by atoms with Gasteiger partial charge in [0, 0.05) is 24.4 Å². The fraction of sp³-hybridized carbons (Fsp3) is 0.214.